The van der Waals surface area contributed by atoms with Crippen molar-refractivity contribution < 1.29 is 9.53 Å². The molecule has 0 N–H and O–H groups in total. The summed E-state index contributed by atoms with van der Waals surface area (Å²) in [5.41, 5.74) is 0.843. The smallest absolute Gasteiger partial charge is 0.267 e. The number of hydrogen-bond acceptors (Lipinski definition) is 2. The summed E-state index contributed by atoms with van der Waals surface area (Å²) in [4.78, 5) is 14.1. The largest absolute Gasteiger partial charge is 0.481 e. The fourth-order valence-corrected chi connectivity index (χ4v) is 2.19. The zero-order valence-electron chi connectivity index (χ0n) is 12.1. The molecular formula is C17H18ClNO2. The number of carbonyl (C=O) groups excluding carboxylic acids is 1. The number of para-hydroxylation sites is 1. The minimum Gasteiger partial charge on any atom is -0.481 e. The average Bonchev–Trinajstić information content (AvgIpc) is 2.52. The summed E-state index contributed by atoms with van der Waals surface area (Å²) in [7, 11) is 1.75. The van der Waals surface area contributed by atoms with Crippen LogP contribution in [-0.2, 0) is 4.79 Å². The van der Waals surface area contributed by atoms with E-state index in [0.717, 1.165) is 5.69 Å². The first kappa shape index (κ1) is 15.4. The quantitative estimate of drug-likeness (QED) is 0.830. The van der Waals surface area contributed by atoms with Crippen LogP contribution in [0.1, 0.15) is 13.3 Å². The van der Waals surface area contributed by atoms with Gasteiger partial charge in [-0.25, -0.2) is 0 Å². The monoisotopic (exact) mass is 303 g/mol. The van der Waals surface area contributed by atoms with Gasteiger partial charge >= 0.3 is 0 Å². The number of hydrogen-bond donors (Lipinski definition) is 0. The highest BCUT2D eigenvalue weighted by molar-refractivity contribution is 6.30. The molecule has 0 aromatic heterocycles. The van der Waals surface area contributed by atoms with Gasteiger partial charge in [-0.15, -0.1) is 0 Å². The number of anilines is 1. The second-order valence-electron chi connectivity index (χ2n) is 4.70. The number of halogens is 1. The van der Waals surface area contributed by atoms with Crippen LogP contribution in [0.4, 0.5) is 5.69 Å². The maximum Gasteiger partial charge on any atom is 0.267 e. The zero-order valence-corrected chi connectivity index (χ0v) is 12.9. The number of nitrogens with zero attached hydrogens (tertiary/aromatic N) is 1. The third-order valence-electron chi connectivity index (χ3n) is 3.19. The standard InChI is InChI=1S/C17H18ClNO2/c1-3-16(21-15-11-7-8-13(18)12-15)17(20)19(2)14-9-5-4-6-10-14/h4-12,16H,3H2,1-2H3/t16-/m0/s1. The predicted octanol–water partition coefficient (Wildman–Crippen LogP) is 4.16. The van der Waals surface area contributed by atoms with Gasteiger partial charge in [-0.1, -0.05) is 42.8 Å². The highest BCUT2D eigenvalue weighted by Gasteiger charge is 2.23. The van der Waals surface area contributed by atoms with Crippen LogP contribution < -0.4 is 9.64 Å². The van der Waals surface area contributed by atoms with Crippen molar-refractivity contribution in [1.29, 1.82) is 0 Å². The van der Waals surface area contributed by atoms with Crippen LogP contribution >= 0.6 is 11.6 Å². The molecule has 2 aromatic rings. The topological polar surface area (TPSA) is 29.5 Å². The molecule has 0 saturated carbocycles. The molecule has 0 heterocycles. The van der Waals surface area contributed by atoms with Crippen LogP contribution in [0.5, 0.6) is 5.75 Å². The lowest BCUT2D eigenvalue weighted by molar-refractivity contribution is -0.125. The number of carbonyl (C=O) groups is 1. The number of ether oxygens (including phenoxy) is 1. The Balaban J connectivity index is 2.12. The molecule has 3 nitrogen and oxygen atoms in total. The molecule has 110 valence electrons. The molecule has 0 aliphatic heterocycles. The van der Waals surface area contributed by atoms with E-state index >= 15 is 0 Å². The van der Waals surface area contributed by atoms with E-state index in [4.69, 9.17) is 16.3 Å². The lowest BCUT2D eigenvalue weighted by Gasteiger charge is -2.24. The first-order valence-electron chi connectivity index (χ1n) is 6.86. The molecule has 0 radical (unpaired) electrons. The Morgan fingerprint density at radius 1 is 1.19 bits per heavy atom. The van der Waals surface area contributed by atoms with Gasteiger partial charge in [0.2, 0.25) is 0 Å². The maximum atomic E-state index is 12.5. The molecule has 0 aliphatic rings. The molecule has 2 aromatic carbocycles. The van der Waals surface area contributed by atoms with E-state index in [-0.39, 0.29) is 5.91 Å². The third-order valence-corrected chi connectivity index (χ3v) is 3.43. The van der Waals surface area contributed by atoms with Crippen LogP contribution in [-0.4, -0.2) is 19.1 Å². The summed E-state index contributed by atoms with van der Waals surface area (Å²) in [6.07, 6.45) is 0.0522. The molecule has 2 rings (SSSR count). The van der Waals surface area contributed by atoms with E-state index in [1.807, 2.05) is 37.3 Å². The summed E-state index contributed by atoms with van der Waals surface area (Å²) in [6, 6.07) is 16.6. The number of amides is 1. The van der Waals surface area contributed by atoms with Gasteiger partial charge in [0.15, 0.2) is 6.10 Å². The van der Waals surface area contributed by atoms with E-state index in [1.165, 1.54) is 0 Å². The second kappa shape index (κ2) is 7.14. The number of likely N-dealkylation sites (N-methyl/N-ethyl adjacent to an activating group) is 1. The second-order valence-corrected chi connectivity index (χ2v) is 5.14. The van der Waals surface area contributed by atoms with Gasteiger partial charge in [0.05, 0.1) is 0 Å². The molecule has 21 heavy (non-hydrogen) atoms. The SMILES string of the molecule is CC[C@H](Oc1cccc(Cl)c1)C(=O)N(C)c1ccccc1. The van der Waals surface area contributed by atoms with Crippen molar-refractivity contribution >= 4 is 23.2 Å². The van der Waals surface area contributed by atoms with Crippen molar-refractivity contribution in [3.05, 3.63) is 59.6 Å². The van der Waals surface area contributed by atoms with E-state index < -0.39 is 6.10 Å². The van der Waals surface area contributed by atoms with Gasteiger partial charge < -0.3 is 9.64 Å². The van der Waals surface area contributed by atoms with Crippen molar-refractivity contribution in [2.75, 3.05) is 11.9 Å². The van der Waals surface area contributed by atoms with Gasteiger partial charge in [-0.05, 0) is 36.8 Å². The summed E-state index contributed by atoms with van der Waals surface area (Å²) in [5, 5.41) is 0.589. The minimum atomic E-state index is -0.534. The average molecular weight is 304 g/mol. The Hall–Kier alpha value is -2.00. The molecule has 0 saturated heterocycles. The Labute approximate surface area is 130 Å². The van der Waals surface area contributed by atoms with Crippen molar-refractivity contribution in [1.82, 2.24) is 0 Å². The van der Waals surface area contributed by atoms with Crippen LogP contribution in [0, 0.1) is 0 Å². The first-order chi connectivity index (χ1) is 10.1. The Bertz CT molecular complexity index is 601. The first-order valence-corrected chi connectivity index (χ1v) is 7.24. The van der Waals surface area contributed by atoms with E-state index in [0.29, 0.717) is 17.2 Å². The molecule has 0 fully saturated rings. The van der Waals surface area contributed by atoms with E-state index in [1.54, 1.807) is 36.2 Å². The molecule has 0 unspecified atom stereocenters. The van der Waals surface area contributed by atoms with E-state index in [2.05, 4.69) is 0 Å². The lowest BCUT2D eigenvalue weighted by Crippen LogP contribution is -2.39. The van der Waals surface area contributed by atoms with Gasteiger partial charge in [0.25, 0.3) is 5.91 Å². The lowest BCUT2D eigenvalue weighted by atomic mass is 10.2. The molecule has 0 bridgehead atoms. The Morgan fingerprint density at radius 3 is 2.52 bits per heavy atom. The highest BCUT2D eigenvalue weighted by Crippen LogP contribution is 2.21. The molecule has 1 amide bonds. The molecule has 4 heteroatoms. The summed E-state index contributed by atoms with van der Waals surface area (Å²) in [5.74, 6) is 0.521. The normalized spacial score (nSPS) is 11.8. The highest BCUT2D eigenvalue weighted by atomic mass is 35.5. The molecule has 0 spiro atoms. The van der Waals surface area contributed by atoms with Gasteiger partial charge in [0, 0.05) is 17.8 Å². The summed E-state index contributed by atoms with van der Waals surface area (Å²) < 4.78 is 5.77. The third kappa shape index (κ3) is 3.99. The minimum absolute atomic E-state index is 0.0799. The Kier molecular flexibility index (Phi) is 5.23. The molecule has 1 atom stereocenters. The van der Waals surface area contributed by atoms with Gasteiger partial charge in [0.1, 0.15) is 5.75 Å². The summed E-state index contributed by atoms with van der Waals surface area (Å²) in [6.45, 7) is 1.92. The van der Waals surface area contributed by atoms with Crippen LogP contribution in [0.15, 0.2) is 54.6 Å². The zero-order chi connectivity index (χ0) is 15.2. The van der Waals surface area contributed by atoms with E-state index in [9.17, 15) is 4.79 Å². The fourth-order valence-electron chi connectivity index (χ4n) is 2.01. The maximum absolute atomic E-state index is 12.5. The number of benzene rings is 2. The molecule has 0 aliphatic carbocycles. The van der Waals surface area contributed by atoms with Crippen LogP contribution in [0.25, 0.3) is 0 Å². The van der Waals surface area contributed by atoms with Crippen molar-refractivity contribution in [3.8, 4) is 5.75 Å². The van der Waals surface area contributed by atoms with Gasteiger partial charge in [-0.3, -0.25) is 4.79 Å². The van der Waals surface area contributed by atoms with Crippen LogP contribution in [0.2, 0.25) is 5.02 Å². The van der Waals surface area contributed by atoms with Gasteiger partial charge in [-0.2, -0.15) is 0 Å². The van der Waals surface area contributed by atoms with Crippen molar-refractivity contribution in [3.63, 3.8) is 0 Å². The predicted molar refractivity (Wildman–Crippen MR) is 86.0 cm³/mol. The van der Waals surface area contributed by atoms with Crippen molar-refractivity contribution in [2.45, 2.75) is 19.4 Å². The molecular weight excluding hydrogens is 286 g/mol. The Morgan fingerprint density at radius 2 is 1.90 bits per heavy atom. The van der Waals surface area contributed by atoms with Crippen molar-refractivity contribution in [2.24, 2.45) is 0 Å². The summed E-state index contributed by atoms with van der Waals surface area (Å²) >= 11 is 5.93. The fraction of sp³-hybridized carbons (Fsp3) is 0.235. The number of rotatable bonds is 5. The van der Waals surface area contributed by atoms with Crippen LogP contribution in [0.3, 0.4) is 0 Å².